The van der Waals surface area contributed by atoms with E-state index in [0.29, 0.717) is 12.0 Å². The summed E-state index contributed by atoms with van der Waals surface area (Å²) < 4.78 is 0. The van der Waals surface area contributed by atoms with E-state index in [2.05, 4.69) is 0 Å². The molecule has 0 saturated carbocycles. The Kier molecular flexibility index (Phi) is 4.07. The summed E-state index contributed by atoms with van der Waals surface area (Å²) in [7, 11) is 0. The fraction of sp³-hybridized carbons (Fsp3) is 0.462. The van der Waals surface area contributed by atoms with Gasteiger partial charge in [-0.25, -0.2) is 4.79 Å². The summed E-state index contributed by atoms with van der Waals surface area (Å²) in [6.45, 7) is 3.74. The van der Waals surface area contributed by atoms with Gasteiger partial charge in [-0.05, 0) is 17.9 Å². The highest BCUT2D eigenvalue weighted by atomic mass is 16.4. The highest BCUT2D eigenvalue weighted by molar-refractivity contribution is 5.79. The van der Waals surface area contributed by atoms with Crippen molar-refractivity contribution < 1.29 is 15.0 Å². The largest absolute Gasteiger partial charge is 0.479 e. The Balaban J connectivity index is 3.12. The van der Waals surface area contributed by atoms with Crippen LogP contribution in [0.2, 0.25) is 0 Å². The third-order valence-corrected chi connectivity index (χ3v) is 2.97. The smallest absolute Gasteiger partial charge is 0.340 e. The topological polar surface area (TPSA) is 57.5 Å². The van der Waals surface area contributed by atoms with Crippen LogP contribution < -0.4 is 0 Å². The third-order valence-electron chi connectivity index (χ3n) is 2.97. The molecule has 0 fully saturated rings. The molecule has 16 heavy (non-hydrogen) atoms. The van der Waals surface area contributed by atoms with Crippen LogP contribution in [-0.2, 0) is 10.4 Å². The summed E-state index contributed by atoms with van der Waals surface area (Å²) in [4.78, 5) is 11.3. The quantitative estimate of drug-likeness (QED) is 0.804. The second-order valence-corrected chi connectivity index (χ2v) is 4.13. The lowest BCUT2D eigenvalue weighted by molar-refractivity contribution is -0.166. The predicted molar refractivity (Wildman–Crippen MR) is 62.0 cm³/mol. The van der Waals surface area contributed by atoms with Gasteiger partial charge in [0.05, 0.1) is 0 Å². The Morgan fingerprint density at radius 2 is 1.94 bits per heavy atom. The maximum Gasteiger partial charge on any atom is 0.340 e. The second-order valence-electron chi connectivity index (χ2n) is 4.13. The number of benzene rings is 1. The first-order valence-corrected chi connectivity index (χ1v) is 5.54. The molecule has 88 valence electrons. The first kappa shape index (κ1) is 12.7. The first-order valence-electron chi connectivity index (χ1n) is 5.54. The molecule has 0 spiro atoms. The van der Waals surface area contributed by atoms with Gasteiger partial charge in [0, 0.05) is 0 Å². The first-order chi connectivity index (χ1) is 7.53. The number of hydrogen-bond acceptors (Lipinski definition) is 2. The Hall–Kier alpha value is -1.35. The fourth-order valence-corrected chi connectivity index (χ4v) is 1.95. The van der Waals surface area contributed by atoms with Crippen molar-refractivity contribution >= 4 is 5.97 Å². The lowest BCUT2D eigenvalue weighted by Gasteiger charge is -2.30. The summed E-state index contributed by atoms with van der Waals surface area (Å²) in [6, 6.07) is 8.58. The molecule has 0 aliphatic carbocycles. The standard InChI is InChI=1S/C13H18O3/c1-3-7-10(2)13(16,12(14)15)11-8-5-4-6-9-11/h4-6,8-10,16H,3,7H2,1-2H3,(H,14,15). The molecule has 1 rings (SSSR count). The summed E-state index contributed by atoms with van der Waals surface area (Å²) in [5.41, 5.74) is -1.33. The minimum Gasteiger partial charge on any atom is -0.479 e. The van der Waals surface area contributed by atoms with Crippen LogP contribution in [0.15, 0.2) is 30.3 Å². The van der Waals surface area contributed by atoms with Gasteiger partial charge >= 0.3 is 5.97 Å². The van der Waals surface area contributed by atoms with Crippen molar-refractivity contribution in [2.75, 3.05) is 0 Å². The number of carboxylic acid groups (broad SMARTS) is 1. The molecule has 3 nitrogen and oxygen atoms in total. The Morgan fingerprint density at radius 1 is 1.38 bits per heavy atom. The molecule has 0 radical (unpaired) electrons. The molecule has 0 bridgehead atoms. The zero-order valence-electron chi connectivity index (χ0n) is 9.68. The second kappa shape index (κ2) is 5.12. The van der Waals surface area contributed by atoms with Crippen LogP contribution in [0.25, 0.3) is 0 Å². The van der Waals surface area contributed by atoms with Gasteiger partial charge in [-0.1, -0.05) is 50.6 Å². The van der Waals surface area contributed by atoms with Crippen molar-refractivity contribution in [1.82, 2.24) is 0 Å². The van der Waals surface area contributed by atoms with Crippen molar-refractivity contribution in [3.05, 3.63) is 35.9 Å². The van der Waals surface area contributed by atoms with E-state index in [9.17, 15) is 15.0 Å². The van der Waals surface area contributed by atoms with E-state index in [1.807, 2.05) is 6.92 Å². The summed E-state index contributed by atoms with van der Waals surface area (Å²) >= 11 is 0. The minimum atomic E-state index is -1.78. The normalized spacial score (nSPS) is 16.4. The third kappa shape index (κ3) is 2.25. The Labute approximate surface area is 95.7 Å². The lowest BCUT2D eigenvalue weighted by atomic mass is 9.80. The van der Waals surface area contributed by atoms with Crippen LogP contribution in [0.1, 0.15) is 32.3 Å². The lowest BCUT2D eigenvalue weighted by Crippen LogP contribution is -2.41. The molecule has 0 aliphatic rings. The van der Waals surface area contributed by atoms with Crippen LogP contribution in [0.5, 0.6) is 0 Å². The van der Waals surface area contributed by atoms with E-state index in [-0.39, 0.29) is 5.92 Å². The van der Waals surface area contributed by atoms with E-state index >= 15 is 0 Å². The Morgan fingerprint density at radius 3 is 2.38 bits per heavy atom. The van der Waals surface area contributed by atoms with E-state index in [4.69, 9.17) is 0 Å². The van der Waals surface area contributed by atoms with E-state index in [1.165, 1.54) is 0 Å². The van der Waals surface area contributed by atoms with Gasteiger partial charge < -0.3 is 10.2 Å². The SMILES string of the molecule is CCCC(C)C(O)(C(=O)O)c1ccccc1. The molecule has 0 saturated heterocycles. The van der Waals surface area contributed by atoms with Crippen molar-refractivity contribution in [2.24, 2.45) is 5.92 Å². The molecule has 0 aliphatic heterocycles. The monoisotopic (exact) mass is 222 g/mol. The molecule has 2 N–H and O–H groups in total. The van der Waals surface area contributed by atoms with Crippen LogP contribution in [-0.4, -0.2) is 16.2 Å². The highest BCUT2D eigenvalue weighted by Gasteiger charge is 2.42. The predicted octanol–water partition coefficient (Wildman–Crippen LogP) is 2.40. The van der Waals surface area contributed by atoms with Crippen LogP contribution in [0.4, 0.5) is 0 Å². The number of aliphatic hydroxyl groups is 1. The van der Waals surface area contributed by atoms with Gasteiger partial charge in [0.1, 0.15) is 0 Å². The molecule has 2 atom stereocenters. The number of carbonyl (C=O) groups is 1. The average Bonchev–Trinajstić information content (AvgIpc) is 2.29. The zero-order chi connectivity index (χ0) is 12.2. The maximum absolute atomic E-state index is 11.3. The molecule has 0 heterocycles. The summed E-state index contributed by atoms with van der Waals surface area (Å²) in [6.07, 6.45) is 1.53. The van der Waals surface area contributed by atoms with Crippen molar-refractivity contribution in [3.63, 3.8) is 0 Å². The number of aliphatic carboxylic acids is 1. The van der Waals surface area contributed by atoms with Gasteiger partial charge in [-0.3, -0.25) is 0 Å². The fourth-order valence-electron chi connectivity index (χ4n) is 1.95. The molecular formula is C13H18O3. The van der Waals surface area contributed by atoms with Crippen LogP contribution in [0.3, 0.4) is 0 Å². The average molecular weight is 222 g/mol. The number of hydrogen-bond donors (Lipinski definition) is 2. The van der Waals surface area contributed by atoms with Crippen LogP contribution in [0, 0.1) is 5.92 Å². The van der Waals surface area contributed by atoms with Crippen molar-refractivity contribution in [2.45, 2.75) is 32.3 Å². The Bertz CT molecular complexity index is 347. The van der Waals surface area contributed by atoms with Crippen molar-refractivity contribution in [1.29, 1.82) is 0 Å². The molecular weight excluding hydrogens is 204 g/mol. The van der Waals surface area contributed by atoms with Crippen molar-refractivity contribution in [3.8, 4) is 0 Å². The van der Waals surface area contributed by atoms with E-state index in [0.717, 1.165) is 6.42 Å². The summed E-state index contributed by atoms with van der Waals surface area (Å²) in [5, 5.41) is 19.6. The molecule has 2 unspecified atom stereocenters. The van der Waals surface area contributed by atoms with Gasteiger partial charge in [0.2, 0.25) is 0 Å². The van der Waals surface area contributed by atoms with Gasteiger partial charge in [-0.15, -0.1) is 0 Å². The van der Waals surface area contributed by atoms with Gasteiger partial charge in [0.25, 0.3) is 0 Å². The maximum atomic E-state index is 11.3. The molecule has 0 amide bonds. The number of rotatable bonds is 5. The molecule has 1 aromatic carbocycles. The minimum absolute atomic E-state index is 0.308. The highest BCUT2D eigenvalue weighted by Crippen LogP contribution is 2.32. The van der Waals surface area contributed by atoms with E-state index in [1.54, 1.807) is 37.3 Å². The molecule has 3 heteroatoms. The van der Waals surface area contributed by atoms with Crippen LogP contribution >= 0.6 is 0 Å². The van der Waals surface area contributed by atoms with E-state index < -0.39 is 11.6 Å². The zero-order valence-corrected chi connectivity index (χ0v) is 9.68. The van der Waals surface area contributed by atoms with Gasteiger partial charge in [-0.2, -0.15) is 0 Å². The van der Waals surface area contributed by atoms with Gasteiger partial charge in [0.15, 0.2) is 5.60 Å². The summed E-state index contributed by atoms with van der Waals surface area (Å²) in [5.74, 6) is -1.49. The molecule has 1 aromatic rings. The molecule has 0 aromatic heterocycles. The number of carboxylic acids is 1.